The topological polar surface area (TPSA) is 38.0 Å². The Morgan fingerprint density at radius 2 is 1.84 bits per heavy atom. The molecule has 0 amide bonds. The molecule has 1 heterocycles. The van der Waals surface area contributed by atoms with Crippen LogP contribution in [-0.2, 0) is 19.9 Å². The quantitative estimate of drug-likeness (QED) is 0.920. The Hall–Kier alpha value is -0.350. The molecule has 0 spiro atoms. The van der Waals surface area contributed by atoms with Crippen LogP contribution in [-0.4, -0.2) is 20.5 Å². The van der Waals surface area contributed by atoms with Gasteiger partial charge in [-0.2, -0.15) is 5.10 Å². The van der Waals surface area contributed by atoms with Crippen molar-refractivity contribution in [2.45, 2.75) is 64.9 Å². The molecule has 1 fully saturated rings. The minimum absolute atomic E-state index is 0.379. The van der Waals surface area contributed by atoms with Crippen molar-refractivity contribution in [3.63, 3.8) is 0 Å². The monoisotopic (exact) mass is 328 g/mol. The maximum atomic E-state index is 10.8. The molecule has 108 valence electrons. The van der Waals surface area contributed by atoms with Crippen molar-refractivity contribution in [3.05, 3.63) is 15.9 Å². The molecule has 0 aromatic carbocycles. The summed E-state index contributed by atoms with van der Waals surface area (Å²) in [6.07, 6.45) is 5.59. The third-order valence-electron chi connectivity index (χ3n) is 4.53. The Bertz CT molecular complexity index is 455. The molecule has 1 saturated carbocycles. The van der Waals surface area contributed by atoms with Gasteiger partial charge in [0.1, 0.15) is 0 Å². The average molecular weight is 329 g/mol. The first kappa shape index (κ1) is 15.0. The van der Waals surface area contributed by atoms with Gasteiger partial charge >= 0.3 is 0 Å². The van der Waals surface area contributed by atoms with E-state index in [1.165, 1.54) is 0 Å². The molecule has 1 aromatic heterocycles. The molecule has 0 aliphatic heterocycles. The minimum Gasteiger partial charge on any atom is -0.389 e. The number of hydrogen-bond acceptors (Lipinski definition) is 2. The summed E-state index contributed by atoms with van der Waals surface area (Å²) in [7, 11) is 1.97. The first-order valence-electron chi connectivity index (χ1n) is 7.19. The third-order valence-corrected chi connectivity index (χ3v) is 5.45. The van der Waals surface area contributed by atoms with Gasteiger partial charge in [-0.3, -0.25) is 4.68 Å². The van der Waals surface area contributed by atoms with Crippen LogP contribution >= 0.6 is 15.9 Å². The molecule has 1 N–H and O–H groups in total. The zero-order valence-electron chi connectivity index (χ0n) is 12.5. The van der Waals surface area contributed by atoms with E-state index < -0.39 is 5.60 Å². The first-order chi connectivity index (χ1) is 8.76. The number of rotatable bonds is 3. The highest BCUT2D eigenvalue weighted by Gasteiger charge is 2.37. The van der Waals surface area contributed by atoms with Crippen molar-refractivity contribution in [1.82, 2.24) is 9.78 Å². The Labute approximate surface area is 124 Å². The van der Waals surface area contributed by atoms with Crippen molar-refractivity contribution in [1.29, 1.82) is 0 Å². The molecule has 0 bridgehead atoms. The van der Waals surface area contributed by atoms with Gasteiger partial charge in [-0.25, -0.2) is 0 Å². The van der Waals surface area contributed by atoms with Crippen molar-refractivity contribution < 1.29 is 5.11 Å². The molecule has 2 rings (SSSR count). The predicted molar refractivity (Wildman–Crippen MR) is 81.2 cm³/mol. The molecule has 3 nitrogen and oxygen atoms in total. The van der Waals surface area contributed by atoms with E-state index in [0.29, 0.717) is 11.8 Å². The summed E-state index contributed by atoms with van der Waals surface area (Å²) in [5.41, 5.74) is 2.03. The summed E-state index contributed by atoms with van der Waals surface area (Å²) in [6, 6.07) is 0. The van der Waals surface area contributed by atoms with Crippen LogP contribution in [0.1, 0.15) is 57.8 Å². The summed E-state index contributed by atoms with van der Waals surface area (Å²) in [4.78, 5) is 0. The normalized spacial score (nSPS) is 21.6. The summed E-state index contributed by atoms with van der Waals surface area (Å²) in [6.45, 7) is 6.69. The summed E-state index contributed by atoms with van der Waals surface area (Å²) in [5, 5.41) is 15.3. The van der Waals surface area contributed by atoms with E-state index in [1.807, 2.05) is 11.7 Å². The Morgan fingerprint density at radius 3 is 2.32 bits per heavy atom. The van der Waals surface area contributed by atoms with E-state index in [-0.39, 0.29) is 0 Å². The van der Waals surface area contributed by atoms with Crippen LogP contribution in [0.5, 0.6) is 0 Å². The molecule has 4 heteroatoms. The van der Waals surface area contributed by atoms with E-state index in [4.69, 9.17) is 0 Å². The minimum atomic E-state index is -0.559. The molecule has 0 radical (unpaired) electrons. The zero-order chi connectivity index (χ0) is 14.3. The highest BCUT2D eigenvalue weighted by molar-refractivity contribution is 9.10. The standard InChI is InChI=1S/C15H25BrN2O/c1-5-11-13(16)12(18(4)17-11)10-15(19)8-6-14(2,3)7-9-15/h19H,5-10H2,1-4H3. The SMILES string of the molecule is CCc1nn(C)c(CC2(O)CCC(C)(C)CC2)c1Br. The van der Waals surface area contributed by atoms with Gasteiger partial charge in [-0.15, -0.1) is 0 Å². The maximum absolute atomic E-state index is 10.8. The predicted octanol–water partition coefficient (Wildman–Crippen LogP) is 3.62. The molecule has 1 aromatic rings. The van der Waals surface area contributed by atoms with Crippen molar-refractivity contribution >= 4 is 15.9 Å². The van der Waals surface area contributed by atoms with Crippen LogP contribution in [0.2, 0.25) is 0 Å². The molecular formula is C15H25BrN2O. The summed E-state index contributed by atoms with van der Waals surface area (Å²) < 4.78 is 3.00. The van der Waals surface area contributed by atoms with Crippen LogP contribution in [0.4, 0.5) is 0 Å². The molecule has 1 aliphatic carbocycles. The lowest BCUT2D eigenvalue weighted by molar-refractivity contribution is -0.0265. The van der Waals surface area contributed by atoms with Gasteiger partial charge in [0.15, 0.2) is 0 Å². The second kappa shape index (κ2) is 5.21. The van der Waals surface area contributed by atoms with Gasteiger partial charge in [0.25, 0.3) is 0 Å². The van der Waals surface area contributed by atoms with Crippen molar-refractivity contribution in [3.8, 4) is 0 Å². The van der Waals surface area contributed by atoms with E-state index >= 15 is 0 Å². The smallest absolute Gasteiger partial charge is 0.0766 e. The van der Waals surface area contributed by atoms with E-state index in [1.54, 1.807) is 0 Å². The fourth-order valence-electron chi connectivity index (χ4n) is 2.89. The van der Waals surface area contributed by atoms with Crippen LogP contribution in [0.25, 0.3) is 0 Å². The number of aryl methyl sites for hydroxylation is 2. The second-order valence-corrected chi connectivity index (χ2v) is 7.54. The van der Waals surface area contributed by atoms with Gasteiger partial charge in [0.2, 0.25) is 0 Å². The lowest BCUT2D eigenvalue weighted by Crippen LogP contribution is -2.39. The second-order valence-electron chi connectivity index (χ2n) is 6.75. The molecule has 0 atom stereocenters. The average Bonchev–Trinajstić information content (AvgIpc) is 2.61. The zero-order valence-corrected chi connectivity index (χ0v) is 14.0. The Balaban J connectivity index is 2.15. The molecule has 19 heavy (non-hydrogen) atoms. The first-order valence-corrected chi connectivity index (χ1v) is 7.98. The highest BCUT2D eigenvalue weighted by Crippen LogP contribution is 2.42. The van der Waals surface area contributed by atoms with Crippen LogP contribution in [0.15, 0.2) is 4.47 Å². The van der Waals surface area contributed by atoms with Crippen molar-refractivity contribution in [2.24, 2.45) is 12.5 Å². The van der Waals surface area contributed by atoms with Gasteiger partial charge < -0.3 is 5.11 Å². The van der Waals surface area contributed by atoms with Gasteiger partial charge in [0, 0.05) is 13.5 Å². The Morgan fingerprint density at radius 1 is 1.26 bits per heavy atom. The highest BCUT2D eigenvalue weighted by atomic mass is 79.9. The fourth-order valence-corrected chi connectivity index (χ4v) is 3.65. The van der Waals surface area contributed by atoms with Crippen LogP contribution in [0.3, 0.4) is 0 Å². The molecular weight excluding hydrogens is 304 g/mol. The van der Waals surface area contributed by atoms with E-state index in [9.17, 15) is 5.11 Å². The van der Waals surface area contributed by atoms with Crippen LogP contribution < -0.4 is 0 Å². The maximum Gasteiger partial charge on any atom is 0.0766 e. The number of hydrogen-bond donors (Lipinski definition) is 1. The lowest BCUT2D eigenvalue weighted by atomic mass is 9.69. The molecule has 0 unspecified atom stereocenters. The number of halogens is 1. The summed E-state index contributed by atoms with van der Waals surface area (Å²) >= 11 is 3.64. The largest absolute Gasteiger partial charge is 0.389 e. The molecule has 1 aliphatic rings. The number of nitrogens with zero attached hydrogens (tertiary/aromatic N) is 2. The Kier molecular flexibility index (Phi) is 4.12. The summed E-state index contributed by atoms with van der Waals surface area (Å²) in [5.74, 6) is 0. The van der Waals surface area contributed by atoms with E-state index in [0.717, 1.165) is 48.0 Å². The third kappa shape index (κ3) is 3.22. The van der Waals surface area contributed by atoms with Gasteiger partial charge in [-0.1, -0.05) is 20.8 Å². The van der Waals surface area contributed by atoms with Crippen LogP contribution in [0, 0.1) is 5.41 Å². The van der Waals surface area contributed by atoms with Crippen molar-refractivity contribution in [2.75, 3.05) is 0 Å². The number of aliphatic hydroxyl groups is 1. The van der Waals surface area contributed by atoms with Gasteiger partial charge in [0.05, 0.1) is 21.5 Å². The lowest BCUT2D eigenvalue weighted by Gasteiger charge is -2.40. The fraction of sp³-hybridized carbons (Fsp3) is 0.800. The molecule has 0 saturated heterocycles. The van der Waals surface area contributed by atoms with E-state index in [2.05, 4.69) is 41.8 Å². The van der Waals surface area contributed by atoms with Gasteiger partial charge in [-0.05, 0) is 53.4 Å². The number of aromatic nitrogens is 2.